The number of anilines is 1. The molecule has 2 aromatic carbocycles. The molecule has 1 aliphatic heterocycles. The maximum Gasteiger partial charge on any atom is 0.309 e. The van der Waals surface area contributed by atoms with Gasteiger partial charge in [-0.15, -0.1) is 0 Å². The van der Waals surface area contributed by atoms with Crippen molar-refractivity contribution in [2.24, 2.45) is 0 Å². The molecule has 7 nitrogen and oxygen atoms in total. The maximum absolute atomic E-state index is 12.1. The van der Waals surface area contributed by atoms with Gasteiger partial charge in [-0.05, 0) is 36.8 Å². The molecule has 0 radical (unpaired) electrons. The summed E-state index contributed by atoms with van der Waals surface area (Å²) in [5.74, 6) is -0.333. The van der Waals surface area contributed by atoms with E-state index < -0.39 is 11.8 Å². The zero-order chi connectivity index (χ0) is 21.3. The summed E-state index contributed by atoms with van der Waals surface area (Å²) in [6.45, 7) is 6.73. The number of carbonyl (C=O) groups excluding carboxylic acids is 2. The van der Waals surface area contributed by atoms with Crippen molar-refractivity contribution >= 4 is 17.5 Å². The minimum atomic E-state index is -0.601. The number of carbonyl (C=O) groups is 2. The van der Waals surface area contributed by atoms with Gasteiger partial charge in [0.05, 0.1) is 13.2 Å². The number of piperazine rings is 1. The summed E-state index contributed by atoms with van der Waals surface area (Å²) in [5, 5.41) is 5.46. The quantitative estimate of drug-likeness (QED) is 0.681. The van der Waals surface area contributed by atoms with Gasteiger partial charge in [0, 0.05) is 45.0 Å². The van der Waals surface area contributed by atoms with Gasteiger partial charge in [-0.1, -0.05) is 30.3 Å². The Labute approximate surface area is 178 Å². The lowest BCUT2D eigenvalue weighted by atomic mass is 10.1. The Hall–Kier alpha value is -3.06. The summed E-state index contributed by atoms with van der Waals surface area (Å²) in [4.78, 5) is 28.8. The van der Waals surface area contributed by atoms with Crippen LogP contribution >= 0.6 is 0 Å². The molecule has 0 spiro atoms. The van der Waals surface area contributed by atoms with Crippen molar-refractivity contribution < 1.29 is 14.3 Å². The van der Waals surface area contributed by atoms with Crippen LogP contribution in [-0.2, 0) is 9.59 Å². The third-order valence-electron chi connectivity index (χ3n) is 5.38. The highest BCUT2D eigenvalue weighted by atomic mass is 16.5. The highest BCUT2D eigenvalue weighted by molar-refractivity contribution is 6.35. The van der Waals surface area contributed by atoms with Crippen LogP contribution < -0.4 is 20.3 Å². The van der Waals surface area contributed by atoms with Gasteiger partial charge in [0.2, 0.25) is 0 Å². The van der Waals surface area contributed by atoms with Crippen LogP contribution in [0.25, 0.3) is 0 Å². The smallest absolute Gasteiger partial charge is 0.309 e. The minimum absolute atomic E-state index is 0.213. The third-order valence-corrected chi connectivity index (χ3v) is 5.38. The van der Waals surface area contributed by atoms with E-state index in [4.69, 9.17) is 4.74 Å². The van der Waals surface area contributed by atoms with Gasteiger partial charge in [0.15, 0.2) is 0 Å². The highest BCUT2D eigenvalue weighted by Crippen LogP contribution is 2.20. The Kier molecular flexibility index (Phi) is 7.68. The summed E-state index contributed by atoms with van der Waals surface area (Å²) in [6.07, 6.45) is 0. The molecule has 2 N–H and O–H groups in total. The Morgan fingerprint density at radius 3 is 2.27 bits per heavy atom. The average Bonchev–Trinajstić information content (AvgIpc) is 2.80. The summed E-state index contributed by atoms with van der Waals surface area (Å²) < 4.78 is 5.21. The fraction of sp³-hybridized carbons (Fsp3) is 0.391. The van der Waals surface area contributed by atoms with Crippen LogP contribution in [0.15, 0.2) is 54.6 Å². The number of nitrogens with one attached hydrogen (secondary N) is 2. The van der Waals surface area contributed by atoms with E-state index in [1.165, 1.54) is 5.69 Å². The van der Waals surface area contributed by atoms with Crippen molar-refractivity contribution in [3.8, 4) is 5.75 Å². The molecule has 1 heterocycles. The number of benzene rings is 2. The second-order valence-corrected chi connectivity index (χ2v) is 7.39. The van der Waals surface area contributed by atoms with Crippen molar-refractivity contribution in [3.63, 3.8) is 0 Å². The largest absolute Gasteiger partial charge is 0.497 e. The lowest BCUT2D eigenvalue weighted by Gasteiger charge is -2.36. The van der Waals surface area contributed by atoms with Crippen molar-refractivity contribution in [1.82, 2.24) is 15.5 Å². The van der Waals surface area contributed by atoms with Gasteiger partial charge in [-0.25, -0.2) is 0 Å². The summed E-state index contributed by atoms with van der Waals surface area (Å²) >= 11 is 0. The van der Waals surface area contributed by atoms with E-state index in [0.29, 0.717) is 6.54 Å². The molecule has 2 aromatic rings. The first-order valence-corrected chi connectivity index (χ1v) is 10.3. The predicted octanol–water partition coefficient (Wildman–Crippen LogP) is 1.81. The molecule has 7 heteroatoms. The molecule has 0 aromatic heterocycles. The Morgan fingerprint density at radius 2 is 1.63 bits per heavy atom. The molecule has 1 atom stereocenters. The van der Waals surface area contributed by atoms with Gasteiger partial charge in [0.25, 0.3) is 0 Å². The Bertz CT molecular complexity index is 818. The predicted molar refractivity (Wildman–Crippen MR) is 118 cm³/mol. The van der Waals surface area contributed by atoms with E-state index >= 15 is 0 Å². The molecule has 0 saturated carbocycles. The first kappa shape index (κ1) is 21.6. The molecule has 1 unspecified atom stereocenters. The van der Waals surface area contributed by atoms with Crippen LogP contribution in [0.3, 0.4) is 0 Å². The Morgan fingerprint density at radius 1 is 0.967 bits per heavy atom. The van der Waals surface area contributed by atoms with Crippen LogP contribution in [-0.4, -0.2) is 63.1 Å². The third kappa shape index (κ3) is 5.97. The molecule has 1 saturated heterocycles. The minimum Gasteiger partial charge on any atom is -0.497 e. The standard InChI is InChI=1S/C23H30N4O3/c1-18(19-6-4-3-5-7-19)25-23(29)22(28)24-12-13-26-14-16-27(17-15-26)20-8-10-21(30-2)11-9-20/h3-11,18H,12-17H2,1-2H3,(H,24,28)(H,25,29). The zero-order valence-electron chi connectivity index (χ0n) is 17.6. The average molecular weight is 411 g/mol. The topological polar surface area (TPSA) is 73.9 Å². The molecular weight excluding hydrogens is 380 g/mol. The van der Waals surface area contributed by atoms with E-state index in [1.807, 2.05) is 49.4 Å². The fourth-order valence-corrected chi connectivity index (χ4v) is 3.52. The SMILES string of the molecule is COc1ccc(N2CCN(CCNC(=O)C(=O)NC(C)c3ccccc3)CC2)cc1. The van der Waals surface area contributed by atoms with E-state index in [9.17, 15) is 9.59 Å². The van der Waals surface area contributed by atoms with E-state index in [0.717, 1.165) is 44.0 Å². The molecule has 0 bridgehead atoms. The maximum atomic E-state index is 12.1. The van der Waals surface area contributed by atoms with Crippen LogP contribution in [0.4, 0.5) is 5.69 Å². The number of nitrogens with zero attached hydrogens (tertiary/aromatic N) is 2. The number of hydrogen-bond donors (Lipinski definition) is 2. The molecule has 30 heavy (non-hydrogen) atoms. The summed E-state index contributed by atoms with van der Waals surface area (Å²) in [6, 6.07) is 17.5. The number of ether oxygens (including phenoxy) is 1. The molecule has 160 valence electrons. The number of rotatable bonds is 7. The first-order valence-electron chi connectivity index (χ1n) is 10.3. The molecule has 3 rings (SSSR count). The molecule has 1 fully saturated rings. The van der Waals surface area contributed by atoms with Crippen LogP contribution in [0.5, 0.6) is 5.75 Å². The number of methoxy groups -OCH3 is 1. The summed E-state index contributed by atoms with van der Waals surface area (Å²) in [7, 11) is 1.67. The van der Waals surface area contributed by atoms with Crippen LogP contribution in [0.2, 0.25) is 0 Å². The van der Waals surface area contributed by atoms with Crippen molar-refractivity contribution in [1.29, 1.82) is 0 Å². The number of hydrogen-bond acceptors (Lipinski definition) is 5. The normalized spacial score (nSPS) is 15.3. The van der Waals surface area contributed by atoms with Crippen molar-refractivity contribution in [3.05, 3.63) is 60.2 Å². The zero-order valence-corrected chi connectivity index (χ0v) is 17.6. The van der Waals surface area contributed by atoms with E-state index in [-0.39, 0.29) is 6.04 Å². The van der Waals surface area contributed by atoms with E-state index in [1.54, 1.807) is 7.11 Å². The second-order valence-electron chi connectivity index (χ2n) is 7.39. The molecule has 2 amide bonds. The lowest BCUT2D eigenvalue weighted by molar-refractivity contribution is -0.139. The van der Waals surface area contributed by atoms with E-state index in [2.05, 4.69) is 32.6 Å². The Balaban J connectivity index is 1.35. The molecule has 1 aliphatic rings. The van der Waals surface area contributed by atoms with Crippen LogP contribution in [0, 0.1) is 0 Å². The van der Waals surface area contributed by atoms with Gasteiger partial charge in [-0.3, -0.25) is 14.5 Å². The van der Waals surface area contributed by atoms with Gasteiger partial charge < -0.3 is 20.3 Å². The van der Waals surface area contributed by atoms with Crippen LogP contribution in [0.1, 0.15) is 18.5 Å². The first-order chi connectivity index (χ1) is 14.6. The number of amides is 2. The molecular formula is C23H30N4O3. The second kappa shape index (κ2) is 10.6. The highest BCUT2D eigenvalue weighted by Gasteiger charge is 2.19. The lowest BCUT2D eigenvalue weighted by Crippen LogP contribution is -2.49. The van der Waals surface area contributed by atoms with Gasteiger partial charge >= 0.3 is 11.8 Å². The fourth-order valence-electron chi connectivity index (χ4n) is 3.52. The summed E-state index contributed by atoms with van der Waals surface area (Å²) in [5.41, 5.74) is 2.15. The van der Waals surface area contributed by atoms with Crippen molar-refractivity contribution in [2.45, 2.75) is 13.0 Å². The van der Waals surface area contributed by atoms with Gasteiger partial charge in [0.1, 0.15) is 5.75 Å². The molecule has 0 aliphatic carbocycles. The monoisotopic (exact) mass is 410 g/mol. The van der Waals surface area contributed by atoms with Gasteiger partial charge in [-0.2, -0.15) is 0 Å². The van der Waals surface area contributed by atoms with Crippen molar-refractivity contribution in [2.75, 3.05) is 51.3 Å².